The molecule has 4 rings (SSSR count). The number of aryl methyl sites for hydroxylation is 1. The maximum absolute atomic E-state index is 6.07. The van der Waals surface area contributed by atoms with Gasteiger partial charge in [0.2, 0.25) is 0 Å². The molecule has 4 nitrogen and oxygen atoms in total. The number of halogens is 1. The van der Waals surface area contributed by atoms with Gasteiger partial charge in [-0.05, 0) is 49.2 Å². The first-order valence-electron chi connectivity index (χ1n) is 8.71. The fraction of sp³-hybridized carbons (Fsp3) is 0.200. The van der Waals surface area contributed by atoms with E-state index in [9.17, 15) is 0 Å². The van der Waals surface area contributed by atoms with E-state index >= 15 is 0 Å². The van der Waals surface area contributed by atoms with E-state index in [-0.39, 0.29) is 0 Å². The highest BCUT2D eigenvalue weighted by Gasteiger charge is 2.13. The van der Waals surface area contributed by atoms with Crippen LogP contribution in [-0.2, 0) is 13.0 Å². The van der Waals surface area contributed by atoms with Gasteiger partial charge >= 0.3 is 0 Å². The third kappa shape index (κ3) is 5.03. The second kappa shape index (κ2) is 8.78. The lowest BCUT2D eigenvalue weighted by atomic mass is 10.2. The summed E-state index contributed by atoms with van der Waals surface area (Å²) in [5, 5.41) is 0.458. The number of imidazole rings is 2. The summed E-state index contributed by atoms with van der Waals surface area (Å²) in [6, 6.07) is 12.8. The Bertz CT molecular complexity index is 946. The minimum atomic E-state index is 0.458. The van der Waals surface area contributed by atoms with Gasteiger partial charge < -0.3 is 9.13 Å². The van der Waals surface area contributed by atoms with Crippen LogP contribution in [0.15, 0.2) is 78.7 Å². The molecule has 0 saturated carbocycles. The van der Waals surface area contributed by atoms with Crippen LogP contribution in [-0.4, -0.2) is 24.4 Å². The van der Waals surface area contributed by atoms with Gasteiger partial charge in [0, 0.05) is 52.0 Å². The average Bonchev–Trinajstić information content (AvgIpc) is 3.44. The number of benzene rings is 1. The molecule has 0 fully saturated rings. The van der Waals surface area contributed by atoms with Gasteiger partial charge in [0.1, 0.15) is 0 Å². The van der Waals surface area contributed by atoms with E-state index in [1.165, 1.54) is 9.77 Å². The van der Waals surface area contributed by atoms with Crippen LogP contribution in [0.1, 0.15) is 11.3 Å². The van der Waals surface area contributed by atoms with Crippen LogP contribution in [0.5, 0.6) is 0 Å². The SMILES string of the molecule is Clc1ccc(CCC(Cn2ccnc2)Sc2ccc(-n3ccnc3)cc2)s1. The highest BCUT2D eigenvalue weighted by Crippen LogP contribution is 2.30. The second-order valence-corrected chi connectivity index (χ2v) is 9.38. The molecular weight excluding hydrogens is 396 g/mol. The molecule has 1 unspecified atom stereocenters. The Labute approximate surface area is 171 Å². The van der Waals surface area contributed by atoms with Crippen LogP contribution >= 0.6 is 34.7 Å². The van der Waals surface area contributed by atoms with Crippen molar-refractivity contribution in [1.29, 1.82) is 0 Å². The predicted molar refractivity (Wildman–Crippen MR) is 113 cm³/mol. The van der Waals surface area contributed by atoms with Crippen molar-refractivity contribution in [2.45, 2.75) is 29.5 Å². The Morgan fingerprint density at radius 2 is 1.81 bits per heavy atom. The normalized spacial score (nSPS) is 12.3. The van der Waals surface area contributed by atoms with Crippen LogP contribution in [0.25, 0.3) is 5.69 Å². The Kier molecular flexibility index (Phi) is 5.97. The minimum absolute atomic E-state index is 0.458. The molecule has 3 heterocycles. The van der Waals surface area contributed by atoms with Gasteiger partial charge in [-0.25, -0.2) is 9.97 Å². The van der Waals surface area contributed by atoms with Crippen LogP contribution in [0.2, 0.25) is 4.34 Å². The molecule has 0 aliphatic rings. The number of thiophene rings is 1. The molecular formula is C20H19ClN4S2. The van der Waals surface area contributed by atoms with Crippen molar-refractivity contribution in [2.75, 3.05) is 0 Å². The summed E-state index contributed by atoms with van der Waals surface area (Å²) in [5.74, 6) is 0. The molecule has 7 heteroatoms. The van der Waals surface area contributed by atoms with Gasteiger partial charge in [-0.3, -0.25) is 0 Å². The molecule has 0 amide bonds. The van der Waals surface area contributed by atoms with Crippen LogP contribution in [0.4, 0.5) is 0 Å². The topological polar surface area (TPSA) is 35.6 Å². The summed E-state index contributed by atoms with van der Waals surface area (Å²) < 4.78 is 5.02. The average molecular weight is 415 g/mol. The van der Waals surface area contributed by atoms with Gasteiger partial charge in [0.25, 0.3) is 0 Å². The zero-order valence-electron chi connectivity index (χ0n) is 14.6. The van der Waals surface area contributed by atoms with Gasteiger partial charge in [0.05, 0.1) is 17.0 Å². The lowest BCUT2D eigenvalue weighted by Crippen LogP contribution is -2.13. The molecule has 3 aromatic heterocycles. The molecule has 1 aromatic carbocycles. The molecule has 1 atom stereocenters. The zero-order chi connectivity index (χ0) is 18.5. The minimum Gasteiger partial charge on any atom is -0.336 e. The second-order valence-electron chi connectivity index (χ2n) is 6.21. The molecule has 4 aromatic rings. The molecule has 0 bridgehead atoms. The third-order valence-electron chi connectivity index (χ3n) is 4.26. The van der Waals surface area contributed by atoms with Crippen LogP contribution in [0.3, 0.4) is 0 Å². The molecule has 0 spiro atoms. The summed E-state index contributed by atoms with van der Waals surface area (Å²) in [5.41, 5.74) is 1.12. The van der Waals surface area contributed by atoms with E-state index in [0.29, 0.717) is 5.25 Å². The van der Waals surface area contributed by atoms with E-state index in [4.69, 9.17) is 11.6 Å². The van der Waals surface area contributed by atoms with Crippen molar-refractivity contribution in [3.8, 4) is 5.69 Å². The Morgan fingerprint density at radius 3 is 2.48 bits per heavy atom. The first-order chi connectivity index (χ1) is 13.3. The van der Waals surface area contributed by atoms with E-state index < -0.39 is 0 Å². The summed E-state index contributed by atoms with van der Waals surface area (Å²) >= 11 is 9.66. The zero-order valence-corrected chi connectivity index (χ0v) is 17.0. The molecule has 0 saturated heterocycles. The van der Waals surface area contributed by atoms with Crippen molar-refractivity contribution < 1.29 is 0 Å². The largest absolute Gasteiger partial charge is 0.336 e. The molecule has 0 aliphatic carbocycles. The van der Waals surface area contributed by atoms with Crippen molar-refractivity contribution in [3.63, 3.8) is 0 Å². The van der Waals surface area contributed by atoms with Crippen molar-refractivity contribution in [1.82, 2.24) is 19.1 Å². The standard InChI is InChI=1S/C20H19ClN4S2/c21-20-8-7-18(27-20)5-6-19(13-24-11-9-22-14-24)26-17-3-1-16(2-4-17)25-12-10-23-15-25/h1-4,7-12,14-15,19H,5-6,13H2. The smallest absolute Gasteiger partial charge is 0.0991 e. The van der Waals surface area contributed by atoms with Gasteiger partial charge in [-0.15, -0.1) is 23.1 Å². The van der Waals surface area contributed by atoms with Crippen molar-refractivity contribution in [3.05, 3.63) is 83.1 Å². The molecule has 0 N–H and O–H groups in total. The Balaban J connectivity index is 1.44. The summed E-state index contributed by atoms with van der Waals surface area (Å²) in [7, 11) is 0. The maximum atomic E-state index is 6.07. The number of hydrogen-bond donors (Lipinski definition) is 0. The number of nitrogens with zero attached hydrogens (tertiary/aromatic N) is 4. The van der Waals surface area contributed by atoms with Crippen molar-refractivity contribution >= 4 is 34.7 Å². The number of aromatic nitrogens is 4. The van der Waals surface area contributed by atoms with E-state index in [1.54, 1.807) is 17.5 Å². The fourth-order valence-corrected chi connectivity index (χ4v) is 5.17. The molecule has 0 radical (unpaired) electrons. The van der Waals surface area contributed by atoms with Gasteiger partial charge in [-0.2, -0.15) is 0 Å². The molecule has 138 valence electrons. The highest BCUT2D eigenvalue weighted by atomic mass is 35.5. The van der Waals surface area contributed by atoms with Gasteiger partial charge in [-0.1, -0.05) is 11.6 Å². The summed E-state index contributed by atoms with van der Waals surface area (Å²) in [6.45, 7) is 0.938. The first-order valence-corrected chi connectivity index (χ1v) is 10.8. The van der Waals surface area contributed by atoms with Crippen LogP contribution < -0.4 is 0 Å². The van der Waals surface area contributed by atoms with Gasteiger partial charge in [0.15, 0.2) is 0 Å². The maximum Gasteiger partial charge on any atom is 0.0991 e. The van der Waals surface area contributed by atoms with E-state index in [2.05, 4.69) is 44.9 Å². The number of hydrogen-bond acceptors (Lipinski definition) is 4. The highest BCUT2D eigenvalue weighted by molar-refractivity contribution is 8.00. The fourth-order valence-electron chi connectivity index (χ4n) is 2.91. The lowest BCUT2D eigenvalue weighted by molar-refractivity contribution is 0.626. The monoisotopic (exact) mass is 414 g/mol. The summed E-state index contributed by atoms with van der Waals surface area (Å²) in [4.78, 5) is 10.9. The molecule has 0 aliphatic heterocycles. The van der Waals surface area contributed by atoms with Crippen molar-refractivity contribution in [2.24, 2.45) is 0 Å². The van der Waals surface area contributed by atoms with Crippen LogP contribution in [0, 0.1) is 0 Å². The quantitative estimate of drug-likeness (QED) is 0.353. The lowest BCUT2D eigenvalue weighted by Gasteiger charge is -2.17. The Hall–Kier alpha value is -2.02. The predicted octanol–water partition coefficient (Wildman–Crippen LogP) is 5.58. The summed E-state index contributed by atoms with van der Waals surface area (Å²) in [6.07, 6.45) is 13.4. The number of thioether (sulfide) groups is 1. The third-order valence-corrected chi connectivity index (χ3v) is 6.81. The Morgan fingerprint density at radius 1 is 1.00 bits per heavy atom. The molecule has 27 heavy (non-hydrogen) atoms. The van der Waals surface area contributed by atoms with E-state index in [1.807, 2.05) is 53.6 Å². The first kappa shape index (κ1) is 18.3. The number of rotatable bonds is 8. The van der Waals surface area contributed by atoms with E-state index in [0.717, 1.165) is 29.4 Å².